The number of anilines is 1. The number of benzene rings is 1. The minimum absolute atomic E-state index is 0.141. The molecule has 4 amide bonds. The van der Waals surface area contributed by atoms with Gasteiger partial charge in [0.05, 0.1) is 4.92 Å². The second kappa shape index (κ2) is 7.39. The average molecular weight is 387 g/mol. The lowest BCUT2D eigenvalue weighted by Crippen LogP contribution is -2.53. The number of rotatable bonds is 3. The molecule has 0 N–H and O–H groups in total. The van der Waals surface area contributed by atoms with Crippen molar-refractivity contribution in [2.24, 2.45) is 0 Å². The van der Waals surface area contributed by atoms with E-state index in [0.29, 0.717) is 24.3 Å². The van der Waals surface area contributed by atoms with Crippen molar-refractivity contribution < 1.29 is 19.3 Å². The Kier molecular flexibility index (Phi) is 5.14. The maximum Gasteiger partial charge on any atom is 0.333 e. The minimum atomic E-state index is -0.732. The predicted molar refractivity (Wildman–Crippen MR) is 102 cm³/mol. The Bertz CT molecular complexity index is 862. The van der Waals surface area contributed by atoms with Crippen LogP contribution in [0.5, 0.6) is 0 Å². The van der Waals surface area contributed by atoms with Crippen molar-refractivity contribution in [3.05, 3.63) is 39.4 Å². The van der Waals surface area contributed by atoms with E-state index in [1.807, 2.05) is 7.05 Å². The number of nitrogens with zero attached hydrogens (tertiary/aromatic N) is 5. The monoisotopic (exact) mass is 387 g/mol. The summed E-state index contributed by atoms with van der Waals surface area (Å²) in [4.78, 5) is 53.5. The van der Waals surface area contributed by atoms with Crippen molar-refractivity contribution in [1.82, 2.24) is 14.7 Å². The summed E-state index contributed by atoms with van der Waals surface area (Å²) >= 11 is 0. The van der Waals surface area contributed by atoms with Gasteiger partial charge in [0.1, 0.15) is 5.57 Å². The first kappa shape index (κ1) is 19.5. The van der Waals surface area contributed by atoms with Crippen LogP contribution in [0.25, 0.3) is 6.08 Å². The van der Waals surface area contributed by atoms with E-state index in [9.17, 15) is 24.5 Å². The first-order valence-corrected chi connectivity index (χ1v) is 8.74. The van der Waals surface area contributed by atoms with Gasteiger partial charge in [-0.1, -0.05) is 0 Å². The summed E-state index contributed by atoms with van der Waals surface area (Å²) in [6.07, 6.45) is 1.34. The molecule has 2 aliphatic rings. The van der Waals surface area contributed by atoms with Crippen molar-refractivity contribution in [2.45, 2.75) is 0 Å². The molecule has 0 saturated carbocycles. The number of urea groups is 1. The van der Waals surface area contributed by atoms with Crippen molar-refractivity contribution >= 4 is 35.3 Å². The average Bonchev–Trinajstić information content (AvgIpc) is 2.68. The van der Waals surface area contributed by atoms with Crippen LogP contribution in [-0.2, 0) is 9.59 Å². The van der Waals surface area contributed by atoms with Gasteiger partial charge in [-0.2, -0.15) is 0 Å². The zero-order valence-electron chi connectivity index (χ0n) is 15.9. The van der Waals surface area contributed by atoms with Gasteiger partial charge in [0, 0.05) is 63.7 Å². The molecule has 0 bridgehead atoms. The normalized spacial score (nSPS) is 18.8. The van der Waals surface area contributed by atoms with E-state index < -0.39 is 22.8 Å². The fraction of sp³-hybridized carbons (Fsp3) is 0.389. The molecule has 0 radical (unpaired) electrons. The minimum Gasteiger partial charge on any atom is -0.368 e. The molecular formula is C18H21N5O5. The number of non-ortho nitro benzene ring substituents is 1. The van der Waals surface area contributed by atoms with Crippen LogP contribution < -0.4 is 4.90 Å². The third-order valence-electron chi connectivity index (χ3n) is 5.01. The Balaban J connectivity index is 2.08. The highest BCUT2D eigenvalue weighted by Crippen LogP contribution is 2.30. The summed E-state index contributed by atoms with van der Waals surface area (Å²) in [5.74, 6) is -1.46. The lowest BCUT2D eigenvalue weighted by Gasteiger charge is -2.35. The smallest absolute Gasteiger partial charge is 0.333 e. The maximum atomic E-state index is 12.5. The van der Waals surface area contributed by atoms with Gasteiger partial charge in [-0.3, -0.25) is 29.5 Å². The van der Waals surface area contributed by atoms with Gasteiger partial charge >= 0.3 is 6.03 Å². The maximum absolute atomic E-state index is 12.5. The topological polar surface area (TPSA) is 107 Å². The van der Waals surface area contributed by atoms with Crippen molar-refractivity contribution in [3.63, 3.8) is 0 Å². The molecule has 28 heavy (non-hydrogen) atoms. The van der Waals surface area contributed by atoms with Crippen LogP contribution in [0.1, 0.15) is 5.56 Å². The molecule has 10 nitrogen and oxygen atoms in total. The van der Waals surface area contributed by atoms with Crippen molar-refractivity contribution in [1.29, 1.82) is 0 Å². The largest absolute Gasteiger partial charge is 0.368 e. The first-order chi connectivity index (χ1) is 13.2. The zero-order valence-corrected chi connectivity index (χ0v) is 15.9. The molecule has 2 heterocycles. The number of carbonyl (C=O) groups excluding carboxylic acids is 3. The number of nitro groups is 1. The van der Waals surface area contributed by atoms with Gasteiger partial charge in [0.25, 0.3) is 17.5 Å². The summed E-state index contributed by atoms with van der Waals surface area (Å²) in [6.45, 7) is 3.07. The highest BCUT2D eigenvalue weighted by atomic mass is 16.6. The number of imide groups is 2. The molecule has 148 valence electrons. The Morgan fingerprint density at radius 2 is 1.54 bits per heavy atom. The summed E-state index contributed by atoms with van der Waals surface area (Å²) in [7, 11) is 4.59. The molecule has 3 rings (SSSR count). The third kappa shape index (κ3) is 3.46. The van der Waals surface area contributed by atoms with E-state index in [1.54, 1.807) is 6.07 Å². The van der Waals surface area contributed by atoms with Crippen molar-refractivity contribution in [2.75, 3.05) is 52.2 Å². The highest BCUT2D eigenvalue weighted by molar-refractivity contribution is 6.30. The summed E-state index contributed by atoms with van der Waals surface area (Å²) in [5.41, 5.74) is 0.749. The molecule has 2 fully saturated rings. The van der Waals surface area contributed by atoms with Gasteiger partial charge in [-0.25, -0.2) is 4.79 Å². The van der Waals surface area contributed by atoms with Gasteiger partial charge in [0.15, 0.2) is 0 Å². The molecule has 0 unspecified atom stereocenters. The van der Waals surface area contributed by atoms with E-state index in [0.717, 1.165) is 22.9 Å². The Morgan fingerprint density at radius 1 is 0.964 bits per heavy atom. The molecule has 1 aromatic carbocycles. The number of amides is 4. The van der Waals surface area contributed by atoms with Gasteiger partial charge in [-0.15, -0.1) is 0 Å². The standard InChI is InChI=1S/C18H21N5O5/c1-19-6-8-22(9-7-19)15-5-4-13(23(27)28)10-12(15)11-14-16(24)20(2)18(26)21(3)17(14)25/h4-5,10-11H,6-9H2,1-3H3. The SMILES string of the molecule is CN1CCN(c2ccc([N+](=O)[O-])cc2C=C2C(=O)N(C)C(=O)N(C)C2=O)CC1. The van der Waals surface area contributed by atoms with Crippen LogP contribution in [0.15, 0.2) is 23.8 Å². The van der Waals surface area contributed by atoms with E-state index in [2.05, 4.69) is 9.80 Å². The van der Waals surface area contributed by atoms with Gasteiger partial charge in [0.2, 0.25) is 0 Å². The van der Waals surface area contributed by atoms with Crippen LogP contribution in [0.4, 0.5) is 16.2 Å². The zero-order chi connectivity index (χ0) is 20.6. The Morgan fingerprint density at radius 3 is 2.07 bits per heavy atom. The molecule has 0 aromatic heterocycles. The van der Waals surface area contributed by atoms with E-state index in [-0.39, 0.29) is 11.3 Å². The highest BCUT2D eigenvalue weighted by Gasteiger charge is 2.38. The summed E-state index contributed by atoms with van der Waals surface area (Å²) in [6, 6.07) is 3.66. The van der Waals surface area contributed by atoms with Crippen LogP contribution in [0.3, 0.4) is 0 Å². The predicted octanol–water partition coefficient (Wildman–Crippen LogP) is 0.780. The summed E-state index contributed by atoms with van der Waals surface area (Å²) in [5, 5.41) is 11.2. The molecule has 1 aromatic rings. The number of piperazine rings is 1. The van der Waals surface area contributed by atoms with Gasteiger partial charge < -0.3 is 9.80 Å². The van der Waals surface area contributed by atoms with E-state index >= 15 is 0 Å². The quantitative estimate of drug-likeness (QED) is 0.326. The Hall–Kier alpha value is -3.27. The molecular weight excluding hydrogens is 366 g/mol. The van der Waals surface area contributed by atoms with E-state index in [4.69, 9.17) is 0 Å². The van der Waals surface area contributed by atoms with Crippen LogP contribution in [0, 0.1) is 10.1 Å². The number of likely N-dealkylation sites (N-methyl/N-ethyl adjacent to an activating group) is 3. The number of barbiturate groups is 1. The molecule has 0 spiro atoms. The van der Waals surface area contributed by atoms with Crippen LogP contribution in [0.2, 0.25) is 0 Å². The molecule has 10 heteroatoms. The van der Waals surface area contributed by atoms with E-state index in [1.165, 1.54) is 32.3 Å². The second-order valence-electron chi connectivity index (χ2n) is 6.86. The fourth-order valence-electron chi connectivity index (χ4n) is 3.24. The molecule has 0 aliphatic carbocycles. The van der Waals surface area contributed by atoms with Crippen LogP contribution >= 0.6 is 0 Å². The molecule has 2 aliphatic heterocycles. The second-order valence-corrected chi connectivity index (χ2v) is 6.86. The Labute approximate surface area is 161 Å². The summed E-state index contributed by atoms with van der Waals surface area (Å²) < 4.78 is 0. The third-order valence-corrected chi connectivity index (χ3v) is 5.01. The molecule has 0 atom stereocenters. The lowest BCUT2D eigenvalue weighted by atomic mass is 10.0. The van der Waals surface area contributed by atoms with Gasteiger partial charge in [-0.05, 0) is 19.2 Å². The van der Waals surface area contributed by atoms with Crippen molar-refractivity contribution in [3.8, 4) is 0 Å². The number of nitro benzene ring substituents is 1. The number of hydrogen-bond donors (Lipinski definition) is 0. The molecule has 2 saturated heterocycles. The first-order valence-electron chi connectivity index (χ1n) is 8.74. The fourth-order valence-corrected chi connectivity index (χ4v) is 3.24. The van der Waals surface area contributed by atoms with Crippen LogP contribution in [-0.4, -0.2) is 84.8 Å². The number of carbonyl (C=O) groups is 3. The lowest BCUT2D eigenvalue weighted by molar-refractivity contribution is -0.384. The number of hydrogen-bond acceptors (Lipinski definition) is 7.